The fraction of sp³-hybridized carbons (Fsp3) is 0.345. The number of aromatic amines is 1. The number of methoxy groups -OCH3 is 1. The molecule has 0 atom stereocenters. The van der Waals surface area contributed by atoms with Crippen LogP contribution in [0.15, 0.2) is 59.7 Å². The summed E-state index contributed by atoms with van der Waals surface area (Å²) in [7, 11) is 1.76. The standard InChI is InChI=1S/C29H33N5O2/c1-19-16-24(6-7-25(19)21-9-12-34(13-10-21)14-15-36-3)32-28-27-22(8-11-30-29(27)35)17-26(33-28)23-5-4-20(2)31-18-23/h4-8,11,16-18,21H,9-10,12-15H2,1-3H3,(H,30,35)(H,32,33). The molecule has 7 nitrogen and oxygen atoms in total. The Hall–Kier alpha value is -3.55. The van der Waals surface area contributed by atoms with Gasteiger partial charge in [-0.15, -0.1) is 0 Å². The van der Waals surface area contributed by atoms with E-state index in [9.17, 15) is 4.79 Å². The number of pyridine rings is 3. The normalized spacial score (nSPS) is 14.9. The largest absolute Gasteiger partial charge is 0.383 e. The number of likely N-dealkylation sites (tertiary alicyclic amines) is 1. The highest BCUT2D eigenvalue weighted by Crippen LogP contribution is 2.33. The Morgan fingerprint density at radius 2 is 1.94 bits per heavy atom. The van der Waals surface area contributed by atoms with Gasteiger partial charge in [0.25, 0.3) is 5.56 Å². The Morgan fingerprint density at radius 3 is 2.67 bits per heavy atom. The van der Waals surface area contributed by atoms with E-state index in [0.29, 0.717) is 17.1 Å². The lowest BCUT2D eigenvalue weighted by Gasteiger charge is -2.32. The first-order chi connectivity index (χ1) is 17.5. The van der Waals surface area contributed by atoms with Crippen LogP contribution in [0.25, 0.3) is 22.0 Å². The maximum Gasteiger partial charge on any atom is 0.259 e. The van der Waals surface area contributed by atoms with Crippen molar-refractivity contribution in [2.45, 2.75) is 32.6 Å². The Balaban J connectivity index is 1.42. The summed E-state index contributed by atoms with van der Waals surface area (Å²) in [6.45, 7) is 8.13. The number of aryl methyl sites for hydroxylation is 2. The van der Waals surface area contributed by atoms with Crippen molar-refractivity contribution in [3.63, 3.8) is 0 Å². The summed E-state index contributed by atoms with van der Waals surface area (Å²) in [5, 5.41) is 4.82. The van der Waals surface area contributed by atoms with Gasteiger partial charge < -0.3 is 19.9 Å². The molecule has 3 aromatic heterocycles. The highest BCUT2D eigenvalue weighted by Gasteiger charge is 2.22. The molecule has 1 aromatic carbocycles. The molecular weight excluding hydrogens is 450 g/mol. The first-order valence-corrected chi connectivity index (χ1v) is 12.6. The van der Waals surface area contributed by atoms with E-state index in [4.69, 9.17) is 9.72 Å². The molecule has 0 amide bonds. The van der Waals surface area contributed by atoms with Crippen molar-refractivity contribution >= 4 is 22.3 Å². The number of aromatic nitrogens is 3. The van der Waals surface area contributed by atoms with Crippen LogP contribution in [0.1, 0.15) is 35.6 Å². The molecule has 1 saturated heterocycles. The number of fused-ring (bicyclic) bond motifs is 1. The van der Waals surface area contributed by atoms with Crippen LogP contribution in [0.4, 0.5) is 11.5 Å². The second kappa shape index (κ2) is 10.6. The van der Waals surface area contributed by atoms with E-state index in [2.05, 4.69) is 45.3 Å². The van der Waals surface area contributed by atoms with Crippen LogP contribution >= 0.6 is 0 Å². The average Bonchev–Trinajstić information content (AvgIpc) is 2.88. The number of ether oxygens (including phenoxy) is 1. The minimum Gasteiger partial charge on any atom is -0.383 e. The monoisotopic (exact) mass is 483 g/mol. The van der Waals surface area contributed by atoms with E-state index in [1.165, 1.54) is 11.1 Å². The van der Waals surface area contributed by atoms with Crippen molar-refractivity contribution in [3.8, 4) is 11.3 Å². The molecule has 1 aliphatic rings. The zero-order valence-electron chi connectivity index (χ0n) is 21.2. The zero-order valence-corrected chi connectivity index (χ0v) is 21.2. The molecule has 0 radical (unpaired) electrons. The number of nitrogens with zero attached hydrogens (tertiary/aromatic N) is 3. The van der Waals surface area contributed by atoms with Gasteiger partial charge in [-0.25, -0.2) is 4.98 Å². The number of piperidine rings is 1. The number of H-pyrrole nitrogens is 1. The van der Waals surface area contributed by atoms with E-state index in [0.717, 1.165) is 67.1 Å². The lowest BCUT2D eigenvalue weighted by atomic mass is 9.86. The van der Waals surface area contributed by atoms with Crippen molar-refractivity contribution in [1.82, 2.24) is 19.9 Å². The number of hydrogen-bond donors (Lipinski definition) is 2. The third-order valence-corrected chi connectivity index (χ3v) is 7.13. The third kappa shape index (κ3) is 5.17. The molecule has 186 valence electrons. The van der Waals surface area contributed by atoms with Crippen LogP contribution in [0.3, 0.4) is 0 Å². The number of rotatable bonds is 7. The Labute approximate surface area is 211 Å². The maximum atomic E-state index is 12.7. The molecule has 2 N–H and O–H groups in total. The van der Waals surface area contributed by atoms with Gasteiger partial charge >= 0.3 is 0 Å². The van der Waals surface area contributed by atoms with Gasteiger partial charge in [0.15, 0.2) is 0 Å². The van der Waals surface area contributed by atoms with Crippen LogP contribution in [0.5, 0.6) is 0 Å². The predicted octanol–water partition coefficient (Wildman–Crippen LogP) is 5.17. The van der Waals surface area contributed by atoms with E-state index < -0.39 is 0 Å². The van der Waals surface area contributed by atoms with Crippen LogP contribution in [-0.2, 0) is 4.74 Å². The fourth-order valence-electron chi connectivity index (χ4n) is 5.11. The third-order valence-electron chi connectivity index (χ3n) is 7.13. The zero-order chi connectivity index (χ0) is 25.1. The molecule has 0 unspecified atom stereocenters. The van der Waals surface area contributed by atoms with Gasteiger partial charge in [0.05, 0.1) is 17.7 Å². The predicted molar refractivity (Wildman–Crippen MR) is 145 cm³/mol. The molecule has 0 spiro atoms. The number of anilines is 2. The minimum atomic E-state index is -0.162. The average molecular weight is 484 g/mol. The van der Waals surface area contributed by atoms with Crippen LogP contribution in [-0.4, -0.2) is 53.2 Å². The Kier molecular flexibility index (Phi) is 7.11. The molecule has 5 rings (SSSR count). The van der Waals surface area contributed by atoms with Crippen molar-refractivity contribution in [2.75, 3.05) is 38.7 Å². The lowest BCUT2D eigenvalue weighted by molar-refractivity contribution is 0.130. The SMILES string of the molecule is COCCN1CCC(c2ccc(Nc3nc(-c4ccc(C)nc4)cc4cc[nH]c(=O)c34)cc2C)CC1. The van der Waals surface area contributed by atoms with Crippen molar-refractivity contribution in [2.24, 2.45) is 0 Å². The summed E-state index contributed by atoms with van der Waals surface area (Å²) in [5.74, 6) is 1.11. The summed E-state index contributed by atoms with van der Waals surface area (Å²) < 4.78 is 5.23. The van der Waals surface area contributed by atoms with Crippen molar-refractivity contribution in [1.29, 1.82) is 0 Å². The molecular formula is C29H33N5O2. The van der Waals surface area contributed by atoms with Gasteiger partial charge in [-0.2, -0.15) is 0 Å². The number of hydrogen-bond acceptors (Lipinski definition) is 6. The summed E-state index contributed by atoms with van der Waals surface area (Å²) in [5.41, 5.74) is 6.06. The summed E-state index contributed by atoms with van der Waals surface area (Å²) in [4.78, 5) is 27.3. The summed E-state index contributed by atoms with van der Waals surface area (Å²) >= 11 is 0. The summed E-state index contributed by atoms with van der Waals surface area (Å²) in [6, 6.07) is 14.3. The van der Waals surface area contributed by atoms with Gasteiger partial charge in [-0.1, -0.05) is 6.07 Å². The Bertz CT molecular complexity index is 1410. The first kappa shape index (κ1) is 24.2. The van der Waals surface area contributed by atoms with Gasteiger partial charge in [-0.3, -0.25) is 9.78 Å². The number of benzene rings is 1. The van der Waals surface area contributed by atoms with E-state index in [-0.39, 0.29) is 5.56 Å². The second-order valence-electron chi connectivity index (χ2n) is 9.62. The molecule has 0 bridgehead atoms. The highest BCUT2D eigenvalue weighted by atomic mass is 16.5. The minimum absolute atomic E-state index is 0.162. The number of nitrogens with one attached hydrogen (secondary N) is 2. The maximum absolute atomic E-state index is 12.7. The molecule has 36 heavy (non-hydrogen) atoms. The molecule has 1 aliphatic heterocycles. The summed E-state index contributed by atoms with van der Waals surface area (Å²) in [6.07, 6.45) is 5.81. The molecule has 0 aliphatic carbocycles. The first-order valence-electron chi connectivity index (χ1n) is 12.6. The van der Waals surface area contributed by atoms with E-state index in [1.807, 2.05) is 37.4 Å². The smallest absolute Gasteiger partial charge is 0.259 e. The van der Waals surface area contributed by atoms with Crippen molar-refractivity contribution in [3.05, 3.63) is 82.0 Å². The molecule has 4 aromatic rings. The quantitative estimate of drug-likeness (QED) is 0.377. The Morgan fingerprint density at radius 1 is 1.11 bits per heavy atom. The van der Waals surface area contributed by atoms with E-state index >= 15 is 0 Å². The van der Waals surface area contributed by atoms with Gasteiger partial charge in [-0.05, 0) is 98.6 Å². The highest BCUT2D eigenvalue weighted by molar-refractivity contribution is 5.95. The fourth-order valence-corrected chi connectivity index (χ4v) is 5.11. The van der Waals surface area contributed by atoms with Crippen LogP contribution in [0, 0.1) is 13.8 Å². The molecule has 4 heterocycles. The molecule has 1 fully saturated rings. The van der Waals surface area contributed by atoms with Gasteiger partial charge in [0.1, 0.15) is 5.82 Å². The second-order valence-corrected chi connectivity index (χ2v) is 9.62. The van der Waals surface area contributed by atoms with E-state index in [1.54, 1.807) is 13.3 Å². The van der Waals surface area contributed by atoms with Gasteiger partial charge in [0.2, 0.25) is 0 Å². The van der Waals surface area contributed by atoms with Gasteiger partial charge in [0, 0.05) is 43.0 Å². The topological polar surface area (TPSA) is 83.1 Å². The molecule has 7 heteroatoms. The van der Waals surface area contributed by atoms with Crippen LogP contribution in [0.2, 0.25) is 0 Å². The van der Waals surface area contributed by atoms with Crippen molar-refractivity contribution < 1.29 is 4.74 Å². The lowest BCUT2D eigenvalue weighted by Crippen LogP contribution is -2.35. The van der Waals surface area contributed by atoms with Crippen LogP contribution < -0.4 is 10.9 Å². The molecule has 0 saturated carbocycles.